The van der Waals surface area contributed by atoms with Crippen molar-refractivity contribution in [2.24, 2.45) is 0 Å². The van der Waals surface area contributed by atoms with E-state index in [0.29, 0.717) is 22.9 Å². The monoisotopic (exact) mass is 288 g/mol. The SMILES string of the molecule is O=C(O)/C=C/c1ccc(OCc2ccccc2)c(Cl)c1. The van der Waals surface area contributed by atoms with E-state index in [2.05, 4.69) is 0 Å². The van der Waals surface area contributed by atoms with E-state index in [-0.39, 0.29) is 0 Å². The number of carboxylic acids is 1. The summed E-state index contributed by atoms with van der Waals surface area (Å²) < 4.78 is 5.63. The lowest BCUT2D eigenvalue weighted by molar-refractivity contribution is -0.131. The van der Waals surface area contributed by atoms with E-state index >= 15 is 0 Å². The van der Waals surface area contributed by atoms with Crippen molar-refractivity contribution in [2.45, 2.75) is 6.61 Å². The van der Waals surface area contributed by atoms with Gasteiger partial charge in [0, 0.05) is 6.08 Å². The summed E-state index contributed by atoms with van der Waals surface area (Å²) in [5, 5.41) is 9.02. The van der Waals surface area contributed by atoms with Gasteiger partial charge < -0.3 is 9.84 Å². The largest absolute Gasteiger partial charge is 0.487 e. The Morgan fingerprint density at radius 3 is 2.60 bits per heavy atom. The number of carboxylic acid groups (broad SMARTS) is 1. The van der Waals surface area contributed by atoms with Gasteiger partial charge >= 0.3 is 5.97 Å². The first-order valence-electron chi connectivity index (χ1n) is 6.02. The Kier molecular flexibility index (Phi) is 4.80. The lowest BCUT2D eigenvalue weighted by Crippen LogP contribution is -1.95. The number of rotatable bonds is 5. The number of halogens is 1. The number of benzene rings is 2. The molecular formula is C16H13ClO3. The molecule has 4 heteroatoms. The molecule has 0 saturated carbocycles. The first-order valence-corrected chi connectivity index (χ1v) is 6.40. The third-order valence-electron chi connectivity index (χ3n) is 2.61. The van der Waals surface area contributed by atoms with Crippen LogP contribution >= 0.6 is 11.6 Å². The zero-order valence-corrected chi connectivity index (χ0v) is 11.4. The zero-order valence-electron chi connectivity index (χ0n) is 10.6. The summed E-state index contributed by atoms with van der Waals surface area (Å²) >= 11 is 6.10. The maximum absolute atomic E-state index is 10.4. The molecule has 0 unspecified atom stereocenters. The topological polar surface area (TPSA) is 46.5 Å². The minimum atomic E-state index is -0.995. The van der Waals surface area contributed by atoms with Crippen LogP contribution in [0.2, 0.25) is 5.02 Å². The highest BCUT2D eigenvalue weighted by Crippen LogP contribution is 2.26. The number of hydrogen-bond acceptors (Lipinski definition) is 2. The van der Waals surface area contributed by atoms with Gasteiger partial charge in [0.15, 0.2) is 0 Å². The second kappa shape index (κ2) is 6.78. The van der Waals surface area contributed by atoms with Gasteiger partial charge in [0.05, 0.1) is 5.02 Å². The molecule has 102 valence electrons. The number of carbonyl (C=O) groups is 1. The van der Waals surface area contributed by atoms with Crippen molar-refractivity contribution >= 4 is 23.6 Å². The Morgan fingerprint density at radius 1 is 1.20 bits per heavy atom. The molecule has 0 spiro atoms. The fraction of sp³-hybridized carbons (Fsp3) is 0.0625. The summed E-state index contributed by atoms with van der Waals surface area (Å²) in [7, 11) is 0. The minimum Gasteiger partial charge on any atom is -0.487 e. The van der Waals surface area contributed by atoms with Crippen molar-refractivity contribution in [1.29, 1.82) is 0 Å². The Labute approximate surface area is 122 Å². The Hall–Kier alpha value is -2.26. The average molecular weight is 289 g/mol. The van der Waals surface area contributed by atoms with Gasteiger partial charge in [0.2, 0.25) is 0 Å². The smallest absolute Gasteiger partial charge is 0.328 e. The van der Waals surface area contributed by atoms with Gasteiger partial charge in [0.1, 0.15) is 12.4 Å². The van der Waals surface area contributed by atoms with E-state index in [9.17, 15) is 4.79 Å². The summed E-state index contributed by atoms with van der Waals surface area (Å²) in [5.74, 6) is -0.423. The van der Waals surface area contributed by atoms with E-state index < -0.39 is 5.97 Å². The van der Waals surface area contributed by atoms with Crippen molar-refractivity contribution in [1.82, 2.24) is 0 Å². The highest BCUT2D eigenvalue weighted by atomic mass is 35.5. The van der Waals surface area contributed by atoms with Crippen LogP contribution < -0.4 is 4.74 Å². The minimum absolute atomic E-state index is 0.435. The highest BCUT2D eigenvalue weighted by Gasteiger charge is 2.03. The van der Waals surface area contributed by atoms with Gasteiger partial charge in [-0.1, -0.05) is 48.0 Å². The highest BCUT2D eigenvalue weighted by molar-refractivity contribution is 6.32. The van der Waals surface area contributed by atoms with Crippen molar-refractivity contribution in [2.75, 3.05) is 0 Å². The molecule has 0 aliphatic rings. The number of ether oxygens (including phenoxy) is 1. The van der Waals surface area contributed by atoms with Crippen LogP contribution in [0, 0.1) is 0 Å². The van der Waals surface area contributed by atoms with E-state index in [1.165, 1.54) is 6.08 Å². The van der Waals surface area contributed by atoms with Crippen molar-refractivity contribution in [3.8, 4) is 5.75 Å². The van der Waals surface area contributed by atoms with Crippen LogP contribution in [0.25, 0.3) is 6.08 Å². The van der Waals surface area contributed by atoms with Crippen molar-refractivity contribution < 1.29 is 14.6 Å². The van der Waals surface area contributed by atoms with Crippen LogP contribution in [-0.2, 0) is 11.4 Å². The van der Waals surface area contributed by atoms with Gasteiger partial charge in [-0.05, 0) is 29.3 Å². The van der Waals surface area contributed by atoms with Crippen LogP contribution in [0.4, 0.5) is 0 Å². The maximum atomic E-state index is 10.4. The van der Waals surface area contributed by atoms with Gasteiger partial charge in [-0.25, -0.2) is 4.79 Å². The molecule has 0 radical (unpaired) electrons. The molecular weight excluding hydrogens is 276 g/mol. The third-order valence-corrected chi connectivity index (χ3v) is 2.91. The predicted octanol–water partition coefficient (Wildman–Crippen LogP) is 4.02. The van der Waals surface area contributed by atoms with Gasteiger partial charge in [-0.3, -0.25) is 0 Å². The van der Waals surface area contributed by atoms with Gasteiger partial charge in [-0.2, -0.15) is 0 Å². The quantitative estimate of drug-likeness (QED) is 0.845. The molecule has 2 aromatic carbocycles. The predicted molar refractivity (Wildman–Crippen MR) is 78.9 cm³/mol. The van der Waals surface area contributed by atoms with Gasteiger partial charge in [-0.15, -0.1) is 0 Å². The lowest BCUT2D eigenvalue weighted by Gasteiger charge is -2.08. The fourth-order valence-corrected chi connectivity index (χ4v) is 1.88. The Morgan fingerprint density at radius 2 is 1.95 bits per heavy atom. The number of aliphatic carboxylic acids is 1. The normalized spacial score (nSPS) is 10.7. The summed E-state index contributed by atoms with van der Waals surface area (Å²) in [6.45, 7) is 0.435. The van der Waals surface area contributed by atoms with Crippen LogP contribution in [0.5, 0.6) is 5.75 Å². The molecule has 1 N–H and O–H groups in total. The molecule has 0 atom stereocenters. The number of hydrogen-bond donors (Lipinski definition) is 1. The van der Waals surface area contributed by atoms with Crippen LogP contribution in [0.15, 0.2) is 54.6 Å². The summed E-state index contributed by atoms with van der Waals surface area (Å²) in [6, 6.07) is 14.9. The van der Waals surface area contributed by atoms with Gasteiger partial charge in [0.25, 0.3) is 0 Å². The van der Waals surface area contributed by atoms with E-state index in [0.717, 1.165) is 11.6 Å². The third kappa shape index (κ3) is 4.14. The first-order chi connectivity index (χ1) is 9.65. The summed E-state index contributed by atoms with van der Waals surface area (Å²) in [5.41, 5.74) is 1.77. The zero-order chi connectivity index (χ0) is 14.4. The molecule has 0 aliphatic carbocycles. The molecule has 3 nitrogen and oxygen atoms in total. The molecule has 20 heavy (non-hydrogen) atoms. The second-order valence-corrected chi connectivity index (χ2v) is 4.54. The first kappa shape index (κ1) is 14.2. The molecule has 0 heterocycles. The Balaban J connectivity index is 2.04. The molecule has 0 aliphatic heterocycles. The summed E-state index contributed by atoms with van der Waals surface area (Å²) in [6.07, 6.45) is 2.55. The van der Waals surface area contributed by atoms with Crippen LogP contribution in [0.1, 0.15) is 11.1 Å². The van der Waals surface area contributed by atoms with Crippen LogP contribution in [-0.4, -0.2) is 11.1 Å². The molecule has 0 bridgehead atoms. The van der Waals surface area contributed by atoms with Crippen molar-refractivity contribution in [3.05, 3.63) is 70.8 Å². The van der Waals surface area contributed by atoms with E-state index in [1.54, 1.807) is 18.2 Å². The maximum Gasteiger partial charge on any atom is 0.328 e. The lowest BCUT2D eigenvalue weighted by atomic mass is 10.2. The molecule has 2 aromatic rings. The average Bonchev–Trinajstić information content (AvgIpc) is 2.45. The van der Waals surface area contributed by atoms with E-state index in [1.807, 2.05) is 30.3 Å². The molecule has 0 amide bonds. The van der Waals surface area contributed by atoms with Crippen LogP contribution in [0.3, 0.4) is 0 Å². The second-order valence-electron chi connectivity index (χ2n) is 4.14. The van der Waals surface area contributed by atoms with Crippen molar-refractivity contribution in [3.63, 3.8) is 0 Å². The Bertz CT molecular complexity index is 621. The molecule has 0 aromatic heterocycles. The molecule has 2 rings (SSSR count). The summed E-state index contributed by atoms with van der Waals surface area (Å²) in [4.78, 5) is 10.4. The fourth-order valence-electron chi connectivity index (χ4n) is 1.64. The standard InChI is InChI=1S/C16H13ClO3/c17-14-10-12(7-9-16(18)19)6-8-15(14)20-11-13-4-2-1-3-5-13/h1-10H,11H2,(H,18,19)/b9-7+. The van der Waals surface area contributed by atoms with E-state index in [4.69, 9.17) is 21.4 Å². The molecule has 0 saturated heterocycles. The molecule has 0 fully saturated rings.